The van der Waals surface area contributed by atoms with E-state index in [0.29, 0.717) is 12.8 Å². The zero-order valence-electron chi connectivity index (χ0n) is 37.6. The highest BCUT2D eigenvalue weighted by Crippen LogP contribution is 2.43. The van der Waals surface area contributed by atoms with Crippen molar-refractivity contribution >= 4 is 19.8 Å². The first-order chi connectivity index (χ1) is 29.7. The van der Waals surface area contributed by atoms with Gasteiger partial charge >= 0.3 is 19.8 Å². The van der Waals surface area contributed by atoms with E-state index in [1.165, 1.54) is 25.7 Å². The van der Waals surface area contributed by atoms with Crippen LogP contribution in [0.1, 0.15) is 155 Å². The molecule has 3 atom stereocenters. The summed E-state index contributed by atoms with van der Waals surface area (Å²) in [5.41, 5.74) is 0. The maximum absolute atomic E-state index is 12.6. The molecule has 346 valence electrons. The molecule has 0 saturated heterocycles. The standard InChI is InChI=1S/C50H81O10P/c1-3-5-7-9-11-13-15-17-19-21-23-25-27-29-31-33-35-37-39-41-49(53)57-45-48(46-59-61(55,56)58-44-47(52)43-51)60-50(54)42-40-38-36-34-32-30-28-26-24-22-20-18-16-14-12-10-8-6-4-2/h6,8,11-14,17-20,23-26,30,32,36,38,47-48,51-52H,3-5,7,9-10,15-16,21-22,27-29,31,33-35,37,39-46H2,1-2H3,(H,55,56)/b8-6-,13-11-,14-12-,19-17-,20-18-,25-23-,26-24-,32-30-,38-36-. The number of ether oxygens (including phenoxy) is 2. The summed E-state index contributed by atoms with van der Waals surface area (Å²) in [6, 6.07) is 0. The molecule has 0 spiro atoms. The summed E-state index contributed by atoms with van der Waals surface area (Å²) in [6.45, 7) is 2.12. The van der Waals surface area contributed by atoms with Crippen molar-refractivity contribution in [1.82, 2.24) is 0 Å². The minimum absolute atomic E-state index is 0.0492. The Kier molecular flexibility index (Phi) is 42.2. The van der Waals surface area contributed by atoms with Gasteiger partial charge in [-0.15, -0.1) is 0 Å². The number of phosphoric acid groups is 1. The monoisotopic (exact) mass is 873 g/mol. The van der Waals surface area contributed by atoms with Gasteiger partial charge in [0.15, 0.2) is 6.10 Å². The lowest BCUT2D eigenvalue weighted by molar-refractivity contribution is -0.161. The first-order valence-corrected chi connectivity index (χ1v) is 24.3. The summed E-state index contributed by atoms with van der Waals surface area (Å²) in [4.78, 5) is 35.0. The first kappa shape index (κ1) is 57.6. The van der Waals surface area contributed by atoms with Crippen LogP contribution in [0.4, 0.5) is 0 Å². The lowest BCUT2D eigenvalue weighted by Crippen LogP contribution is -2.29. The van der Waals surface area contributed by atoms with E-state index in [-0.39, 0.29) is 19.4 Å². The van der Waals surface area contributed by atoms with Crippen LogP contribution in [0.25, 0.3) is 0 Å². The van der Waals surface area contributed by atoms with E-state index >= 15 is 0 Å². The first-order valence-electron chi connectivity index (χ1n) is 22.8. The second-order valence-electron chi connectivity index (χ2n) is 14.7. The van der Waals surface area contributed by atoms with Gasteiger partial charge in [0.25, 0.3) is 0 Å². The number of rotatable bonds is 41. The zero-order valence-corrected chi connectivity index (χ0v) is 38.5. The molecule has 0 rings (SSSR count). The number of hydrogen-bond acceptors (Lipinski definition) is 9. The Bertz CT molecular complexity index is 1370. The number of allylic oxidation sites excluding steroid dienone is 18. The van der Waals surface area contributed by atoms with Gasteiger partial charge in [-0.2, -0.15) is 0 Å². The van der Waals surface area contributed by atoms with Crippen LogP contribution in [0.2, 0.25) is 0 Å². The summed E-state index contributed by atoms with van der Waals surface area (Å²) in [7, 11) is -4.65. The van der Waals surface area contributed by atoms with Crippen LogP contribution in [0.5, 0.6) is 0 Å². The predicted octanol–water partition coefficient (Wildman–Crippen LogP) is 12.6. The second-order valence-corrected chi connectivity index (χ2v) is 16.1. The molecule has 0 saturated carbocycles. The van der Waals surface area contributed by atoms with Gasteiger partial charge in [0.05, 0.1) is 19.8 Å². The summed E-state index contributed by atoms with van der Waals surface area (Å²) in [5.74, 6) is -1.05. The number of carbonyl (C=O) groups is 2. The molecule has 0 fully saturated rings. The van der Waals surface area contributed by atoms with E-state index in [0.717, 1.165) is 89.9 Å². The second kappa shape index (κ2) is 44.7. The van der Waals surface area contributed by atoms with E-state index in [9.17, 15) is 24.2 Å². The lowest BCUT2D eigenvalue weighted by atomic mass is 10.1. The molecule has 0 aromatic rings. The fourth-order valence-corrected chi connectivity index (χ4v) is 6.23. The molecule has 0 amide bonds. The minimum atomic E-state index is -4.65. The Morgan fingerprint density at radius 1 is 0.508 bits per heavy atom. The fraction of sp³-hybridized carbons (Fsp3) is 0.600. The SMILES string of the molecule is CC/C=C\C/C=C\C/C=C\C/C=C\C/C=C\C/C=C\CCC(=O)OC(COC(=O)CCCCCCCC/C=C\C/C=C\C/C=C\CCCCC)COP(=O)(O)OCC(O)CO. The molecular weight excluding hydrogens is 792 g/mol. The van der Waals surface area contributed by atoms with E-state index in [1.807, 2.05) is 12.2 Å². The number of esters is 2. The van der Waals surface area contributed by atoms with Gasteiger partial charge in [-0.3, -0.25) is 18.6 Å². The minimum Gasteiger partial charge on any atom is -0.462 e. The maximum atomic E-state index is 12.6. The van der Waals surface area contributed by atoms with Gasteiger partial charge in [0.2, 0.25) is 0 Å². The molecule has 0 bridgehead atoms. The normalized spacial score (nSPS) is 14.8. The topological polar surface area (TPSA) is 149 Å². The average Bonchev–Trinajstić information content (AvgIpc) is 3.25. The highest BCUT2D eigenvalue weighted by molar-refractivity contribution is 7.47. The van der Waals surface area contributed by atoms with Crippen molar-refractivity contribution < 1.29 is 47.8 Å². The van der Waals surface area contributed by atoms with Crippen molar-refractivity contribution in [2.75, 3.05) is 26.4 Å². The van der Waals surface area contributed by atoms with E-state index < -0.39 is 51.8 Å². The van der Waals surface area contributed by atoms with Gasteiger partial charge in [0, 0.05) is 12.8 Å². The molecule has 0 heterocycles. The zero-order chi connectivity index (χ0) is 44.8. The third kappa shape index (κ3) is 44.5. The van der Waals surface area contributed by atoms with Crippen LogP contribution in [0.3, 0.4) is 0 Å². The van der Waals surface area contributed by atoms with Crippen molar-refractivity contribution in [3.63, 3.8) is 0 Å². The summed E-state index contributed by atoms with van der Waals surface area (Å²) < 4.78 is 32.7. The third-order valence-electron chi connectivity index (χ3n) is 8.92. The van der Waals surface area contributed by atoms with E-state index in [2.05, 4.69) is 116 Å². The Balaban J connectivity index is 4.44. The molecule has 0 aliphatic carbocycles. The van der Waals surface area contributed by atoms with Crippen molar-refractivity contribution in [2.24, 2.45) is 0 Å². The predicted molar refractivity (Wildman–Crippen MR) is 251 cm³/mol. The number of aliphatic hydroxyl groups excluding tert-OH is 2. The Morgan fingerprint density at radius 3 is 1.43 bits per heavy atom. The van der Waals surface area contributed by atoms with Crippen LogP contribution >= 0.6 is 7.82 Å². The van der Waals surface area contributed by atoms with Crippen molar-refractivity contribution in [1.29, 1.82) is 0 Å². The van der Waals surface area contributed by atoms with Gasteiger partial charge < -0.3 is 24.6 Å². The summed E-state index contributed by atoms with van der Waals surface area (Å²) in [5, 5.41) is 18.4. The third-order valence-corrected chi connectivity index (χ3v) is 9.88. The highest BCUT2D eigenvalue weighted by Gasteiger charge is 2.27. The van der Waals surface area contributed by atoms with Gasteiger partial charge in [-0.05, 0) is 89.9 Å². The van der Waals surface area contributed by atoms with Gasteiger partial charge in [-0.25, -0.2) is 4.57 Å². The average molecular weight is 873 g/mol. The summed E-state index contributed by atoms with van der Waals surface area (Å²) >= 11 is 0. The number of aliphatic hydroxyl groups is 2. The highest BCUT2D eigenvalue weighted by atomic mass is 31.2. The molecule has 3 unspecified atom stereocenters. The molecule has 0 aliphatic rings. The Labute approximate surface area is 369 Å². The molecular formula is C50H81O10P. The molecule has 11 heteroatoms. The number of hydrogen-bond donors (Lipinski definition) is 3. The molecule has 0 aromatic carbocycles. The van der Waals surface area contributed by atoms with Crippen LogP contribution < -0.4 is 0 Å². The summed E-state index contributed by atoms with van der Waals surface area (Å²) in [6.07, 6.45) is 56.3. The lowest BCUT2D eigenvalue weighted by Gasteiger charge is -2.20. The Morgan fingerprint density at radius 2 is 0.934 bits per heavy atom. The van der Waals surface area contributed by atoms with Crippen LogP contribution in [0, 0.1) is 0 Å². The molecule has 0 aliphatic heterocycles. The van der Waals surface area contributed by atoms with Crippen molar-refractivity contribution in [3.8, 4) is 0 Å². The molecule has 61 heavy (non-hydrogen) atoms. The van der Waals surface area contributed by atoms with E-state index in [4.69, 9.17) is 19.1 Å². The van der Waals surface area contributed by atoms with Crippen LogP contribution in [-0.4, -0.2) is 65.7 Å². The number of phosphoric ester groups is 1. The largest absolute Gasteiger partial charge is 0.472 e. The molecule has 10 nitrogen and oxygen atoms in total. The van der Waals surface area contributed by atoms with Gasteiger partial charge in [0.1, 0.15) is 12.7 Å². The number of carbonyl (C=O) groups excluding carboxylic acids is 2. The quantitative estimate of drug-likeness (QED) is 0.0235. The maximum Gasteiger partial charge on any atom is 0.472 e. The van der Waals surface area contributed by atoms with Crippen LogP contribution in [0.15, 0.2) is 109 Å². The van der Waals surface area contributed by atoms with Crippen molar-refractivity contribution in [2.45, 2.75) is 167 Å². The molecule has 0 aromatic heterocycles. The fourth-order valence-electron chi connectivity index (χ4n) is 5.44. The van der Waals surface area contributed by atoms with Crippen LogP contribution in [-0.2, 0) is 32.7 Å². The number of unbranched alkanes of at least 4 members (excludes halogenated alkanes) is 9. The molecule has 3 N–H and O–H groups in total. The Hall–Kier alpha value is -3.37. The van der Waals surface area contributed by atoms with Gasteiger partial charge in [-0.1, -0.05) is 162 Å². The smallest absolute Gasteiger partial charge is 0.462 e. The van der Waals surface area contributed by atoms with E-state index in [1.54, 1.807) is 0 Å². The van der Waals surface area contributed by atoms with Crippen molar-refractivity contribution in [3.05, 3.63) is 109 Å². The molecule has 0 radical (unpaired) electrons.